The highest BCUT2D eigenvalue weighted by atomic mass is 35.5. The number of carbonyl (C=O) groups is 2. The maximum atomic E-state index is 12.1. The van der Waals surface area contributed by atoms with Crippen molar-refractivity contribution < 1.29 is 9.59 Å². The topological polar surface area (TPSA) is 70.2 Å². The minimum atomic E-state index is -0.659. The van der Waals surface area contributed by atoms with E-state index in [1.807, 2.05) is 0 Å². The summed E-state index contributed by atoms with van der Waals surface area (Å²) in [4.78, 5) is 24.0. The number of benzene rings is 1. The first-order chi connectivity index (χ1) is 10.5. The first-order valence-electron chi connectivity index (χ1n) is 7.20. The molecular formula is C15H21Cl2N3O2. The maximum Gasteiger partial charge on any atom is 0.253 e. The largest absolute Gasteiger partial charge is 0.353 e. The van der Waals surface area contributed by atoms with Crippen LogP contribution >= 0.6 is 23.2 Å². The van der Waals surface area contributed by atoms with Crippen molar-refractivity contribution in [1.82, 2.24) is 16.0 Å². The molecule has 0 spiro atoms. The van der Waals surface area contributed by atoms with Gasteiger partial charge in [0.25, 0.3) is 5.91 Å². The summed E-state index contributed by atoms with van der Waals surface area (Å²) in [7, 11) is 0. The van der Waals surface area contributed by atoms with Gasteiger partial charge in [0, 0.05) is 13.1 Å². The third kappa shape index (κ3) is 5.83. The van der Waals surface area contributed by atoms with Crippen LogP contribution in [0.3, 0.4) is 0 Å². The van der Waals surface area contributed by atoms with Crippen LogP contribution in [0.25, 0.3) is 0 Å². The van der Waals surface area contributed by atoms with Crippen molar-refractivity contribution in [2.75, 3.05) is 19.6 Å². The lowest BCUT2D eigenvalue weighted by Crippen LogP contribution is -2.46. The Morgan fingerprint density at radius 2 is 1.91 bits per heavy atom. The third-order valence-electron chi connectivity index (χ3n) is 2.96. The molecule has 1 unspecified atom stereocenters. The Hall–Kier alpha value is -1.30. The van der Waals surface area contributed by atoms with E-state index >= 15 is 0 Å². The van der Waals surface area contributed by atoms with Crippen LogP contribution in [0.4, 0.5) is 0 Å². The molecule has 1 aromatic carbocycles. The Bertz CT molecular complexity index is 524. The number of hydrogen-bond acceptors (Lipinski definition) is 3. The molecule has 0 aromatic heterocycles. The molecule has 0 aliphatic rings. The molecule has 1 rings (SSSR count). The number of amides is 2. The fourth-order valence-electron chi connectivity index (χ4n) is 1.75. The Morgan fingerprint density at radius 3 is 2.59 bits per heavy atom. The fraction of sp³-hybridized carbons (Fsp3) is 0.467. The van der Waals surface area contributed by atoms with Gasteiger partial charge in [0.2, 0.25) is 5.91 Å². The lowest BCUT2D eigenvalue weighted by molar-refractivity contribution is -0.122. The van der Waals surface area contributed by atoms with Crippen molar-refractivity contribution in [1.29, 1.82) is 0 Å². The molecule has 122 valence electrons. The smallest absolute Gasteiger partial charge is 0.253 e. The molecule has 0 saturated heterocycles. The summed E-state index contributed by atoms with van der Waals surface area (Å²) in [6.45, 7) is 5.81. The van der Waals surface area contributed by atoms with Gasteiger partial charge in [-0.1, -0.05) is 36.2 Å². The van der Waals surface area contributed by atoms with Gasteiger partial charge in [-0.05, 0) is 32.0 Å². The zero-order valence-electron chi connectivity index (χ0n) is 12.7. The molecule has 5 nitrogen and oxygen atoms in total. The van der Waals surface area contributed by atoms with E-state index in [2.05, 4.69) is 22.9 Å². The second-order valence-electron chi connectivity index (χ2n) is 4.84. The van der Waals surface area contributed by atoms with E-state index in [4.69, 9.17) is 23.2 Å². The number of nitrogens with one attached hydrogen (secondary N) is 3. The third-order valence-corrected chi connectivity index (χ3v) is 3.78. The van der Waals surface area contributed by atoms with Crippen LogP contribution in [0, 0.1) is 0 Å². The molecule has 2 amide bonds. The summed E-state index contributed by atoms with van der Waals surface area (Å²) in [6.07, 6.45) is 1.04. The average Bonchev–Trinajstić information content (AvgIpc) is 2.49. The highest BCUT2D eigenvalue weighted by Gasteiger charge is 2.18. The zero-order chi connectivity index (χ0) is 16.5. The van der Waals surface area contributed by atoms with Crippen LogP contribution in [0.1, 0.15) is 30.6 Å². The predicted octanol–water partition coefficient (Wildman–Crippen LogP) is 2.23. The molecule has 7 heteroatoms. The van der Waals surface area contributed by atoms with E-state index in [0.717, 1.165) is 13.0 Å². The van der Waals surface area contributed by atoms with Crippen molar-refractivity contribution in [2.24, 2.45) is 0 Å². The van der Waals surface area contributed by atoms with Crippen LogP contribution in [0.5, 0.6) is 0 Å². The standard InChI is InChI=1S/C15H21Cl2N3O2/c1-3-7-18-8-9-19-14(21)10(2)20-15(22)11-5-4-6-12(16)13(11)17/h4-6,10,18H,3,7-9H2,1-2H3,(H,19,21)(H,20,22). The first-order valence-corrected chi connectivity index (χ1v) is 7.96. The van der Waals surface area contributed by atoms with E-state index in [9.17, 15) is 9.59 Å². The van der Waals surface area contributed by atoms with Crippen molar-refractivity contribution >= 4 is 35.0 Å². The Kier molecular flexibility index (Phi) is 8.24. The summed E-state index contributed by atoms with van der Waals surface area (Å²) < 4.78 is 0. The number of halogens is 2. The van der Waals surface area contributed by atoms with Gasteiger partial charge in [-0.2, -0.15) is 0 Å². The second kappa shape index (κ2) is 9.66. The number of hydrogen-bond donors (Lipinski definition) is 3. The van der Waals surface area contributed by atoms with Crippen LogP contribution in [-0.2, 0) is 4.79 Å². The fourth-order valence-corrected chi connectivity index (χ4v) is 2.13. The summed E-state index contributed by atoms with van der Waals surface area (Å²) in [6, 6.07) is 4.13. The molecule has 1 atom stereocenters. The molecule has 3 N–H and O–H groups in total. The number of rotatable bonds is 8. The molecule has 0 heterocycles. The molecule has 0 saturated carbocycles. The van der Waals surface area contributed by atoms with Crippen LogP contribution in [-0.4, -0.2) is 37.5 Å². The highest BCUT2D eigenvalue weighted by molar-refractivity contribution is 6.43. The average molecular weight is 346 g/mol. The van der Waals surface area contributed by atoms with Crippen LogP contribution in [0.2, 0.25) is 10.0 Å². The van der Waals surface area contributed by atoms with Gasteiger partial charge >= 0.3 is 0 Å². The highest BCUT2D eigenvalue weighted by Crippen LogP contribution is 2.25. The van der Waals surface area contributed by atoms with Gasteiger partial charge < -0.3 is 16.0 Å². The van der Waals surface area contributed by atoms with Gasteiger partial charge in [-0.3, -0.25) is 9.59 Å². The molecule has 1 aromatic rings. The van der Waals surface area contributed by atoms with E-state index in [0.29, 0.717) is 18.1 Å². The van der Waals surface area contributed by atoms with Crippen LogP contribution < -0.4 is 16.0 Å². The van der Waals surface area contributed by atoms with Gasteiger partial charge in [0.05, 0.1) is 15.6 Å². The van der Waals surface area contributed by atoms with Crippen molar-refractivity contribution in [3.05, 3.63) is 33.8 Å². The summed E-state index contributed by atoms with van der Waals surface area (Å²) in [5, 5.41) is 9.00. The van der Waals surface area contributed by atoms with E-state index < -0.39 is 11.9 Å². The van der Waals surface area contributed by atoms with Crippen molar-refractivity contribution in [3.63, 3.8) is 0 Å². The van der Waals surface area contributed by atoms with Gasteiger partial charge in [-0.25, -0.2) is 0 Å². The van der Waals surface area contributed by atoms with E-state index in [1.54, 1.807) is 25.1 Å². The normalized spacial score (nSPS) is 11.8. The minimum absolute atomic E-state index is 0.179. The van der Waals surface area contributed by atoms with Crippen molar-refractivity contribution in [2.45, 2.75) is 26.3 Å². The van der Waals surface area contributed by atoms with Gasteiger partial charge in [0.15, 0.2) is 0 Å². The second-order valence-corrected chi connectivity index (χ2v) is 5.62. The molecular weight excluding hydrogens is 325 g/mol. The molecule has 0 radical (unpaired) electrons. The molecule has 0 aliphatic carbocycles. The lowest BCUT2D eigenvalue weighted by Gasteiger charge is -2.15. The molecule has 0 aliphatic heterocycles. The molecule has 0 bridgehead atoms. The maximum absolute atomic E-state index is 12.1. The van der Waals surface area contributed by atoms with E-state index in [1.165, 1.54) is 0 Å². The van der Waals surface area contributed by atoms with Gasteiger partial charge in [0.1, 0.15) is 6.04 Å². The van der Waals surface area contributed by atoms with Crippen molar-refractivity contribution in [3.8, 4) is 0 Å². The summed E-state index contributed by atoms with van der Waals surface area (Å²) >= 11 is 11.9. The molecule has 22 heavy (non-hydrogen) atoms. The SMILES string of the molecule is CCCNCCNC(=O)C(C)NC(=O)c1cccc(Cl)c1Cl. The van der Waals surface area contributed by atoms with E-state index in [-0.39, 0.29) is 16.5 Å². The number of carbonyl (C=O) groups excluding carboxylic acids is 2. The van der Waals surface area contributed by atoms with Gasteiger partial charge in [-0.15, -0.1) is 0 Å². The van der Waals surface area contributed by atoms with Crippen LogP contribution in [0.15, 0.2) is 18.2 Å². The summed E-state index contributed by atoms with van der Waals surface area (Å²) in [5.74, 6) is -0.677. The zero-order valence-corrected chi connectivity index (χ0v) is 14.2. The lowest BCUT2D eigenvalue weighted by atomic mass is 10.2. The minimum Gasteiger partial charge on any atom is -0.353 e. The first kappa shape index (κ1) is 18.7. The summed E-state index contributed by atoms with van der Waals surface area (Å²) in [5.41, 5.74) is 0.249. The Morgan fingerprint density at radius 1 is 1.18 bits per heavy atom. The predicted molar refractivity (Wildman–Crippen MR) is 89.6 cm³/mol. The molecule has 0 fully saturated rings. The monoisotopic (exact) mass is 345 g/mol. The quantitative estimate of drug-likeness (QED) is 0.632. The Balaban J connectivity index is 2.46. The Labute approximate surface area is 140 Å².